The molecule has 0 aromatic heterocycles. The summed E-state index contributed by atoms with van der Waals surface area (Å²) < 4.78 is 0. The van der Waals surface area contributed by atoms with Crippen LogP contribution in [-0.2, 0) is 9.59 Å². The van der Waals surface area contributed by atoms with Crippen LogP contribution in [0, 0.1) is 5.92 Å². The van der Waals surface area contributed by atoms with E-state index in [0.29, 0.717) is 6.54 Å². The molecule has 1 rings (SSSR count). The minimum Gasteiger partial charge on any atom is -0.369 e. The van der Waals surface area contributed by atoms with Crippen LogP contribution < -0.4 is 17.0 Å². The molecule has 1 aliphatic rings. The van der Waals surface area contributed by atoms with E-state index < -0.39 is 0 Å². The number of carbonyl (C=O) groups is 2. The number of nitrogens with zero attached hydrogens (tertiary/aromatic N) is 1. The second-order valence-electron chi connectivity index (χ2n) is 4.55. The van der Waals surface area contributed by atoms with Crippen molar-refractivity contribution in [3.8, 4) is 0 Å². The number of nitrogens with two attached hydrogens (primary N) is 2. The van der Waals surface area contributed by atoms with Gasteiger partial charge in [-0.1, -0.05) is 13.3 Å². The molecule has 1 saturated heterocycles. The lowest BCUT2D eigenvalue weighted by Crippen LogP contribution is -2.53. The van der Waals surface area contributed by atoms with Crippen molar-refractivity contribution in [1.29, 1.82) is 0 Å². The molecule has 6 nitrogen and oxygen atoms in total. The Bertz CT molecular complexity index is 283. The van der Waals surface area contributed by atoms with Crippen molar-refractivity contribution in [2.45, 2.75) is 38.6 Å². The van der Waals surface area contributed by atoms with Crippen LogP contribution in [0.5, 0.6) is 0 Å². The number of likely N-dealkylation sites (tertiary alicyclic amines) is 1. The fraction of sp³-hybridized carbons (Fsp3) is 0.818. The summed E-state index contributed by atoms with van der Waals surface area (Å²) in [5.41, 5.74) is 7.52. The van der Waals surface area contributed by atoms with Crippen molar-refractivity contribution in [2.75, 3.05) is 13.1 Å². The van der Waals surface area contributed by atoms with Crippen LogP contribution in [0.4, 0.5) is 0 Å². The lowest BCUT2D eigenvalue weighted by atomic mass is 9.95. The standard InChI is InChI=1S/C11H22N4O2/c1-2-4-9(11(17)14-13)15-6-3-5-8(7-15)10(12)16/h8-9H,2-7,13H2,1H3,(H2,12,16)(H,14,17). The van der Waals surface area contributed by atoms with Crippen molar-refractivity contribution < 1.29 is 9.59 Å². The number of nitrogens with one attached hydrogen (secondary N) is 1. The predicted octanol–water partition coefficient (Wildman–Crippen LogP) is -0.658. The first-order chi connectivity index (χ1) is 8.10. The SMILES string of the molecule is CCCC(C(=O)NN)N1CCCC(C(N)=O)C1. The second-order valence-corrected chi connectivity index (χ2v) is 4.55. The third kappa shape index (κ3) is 3.67. The van der Waals surface area contributed by atoms with Gasteiger partial charge in [0.1, 0.15) is 0 Å². The highest BCUT2D eigenvalue weighted by molar-refractivity contribution is 5.81. The van der Waals surface area contributed by atoms with E-state index in [1.54, 1.807) is 0 Å². The molecule has 1 fully saturated rings. The molecule has 0 aromatic rings. The normalized spacial score (nSPS) is 23.1. The zero-order chi connectivity index (χ0) is 12.8. The Morgan fingerprint density at radius 3 is 2.76 bits per heavy atom. The van der Waals surface area contributed by atoms with Gasteiger partial charge >= 0.3 is 0 Å². The van der Waals surface area contributed by atoms with Crippen LogP contribution in [-0.4, -0.2) is 35.8 Å². The molecule has 0 bridgehead atoms. The second kappa shape index (κ2) is 6.56. The summed E-state index contributed by atoms with van der Waals surface area (Å²) in [5.74, 6) is 4.58. The lowest BCUT2D eigenvalue weighted by Gasteiger charge is -2.36. The lowest BCUT2D eigenvalue weighted by molar-refractivity contribution is -0.130. The predicted molar refractivity (Wildman–Crippen MR) is 64.5 cm³/mol. The molecule has 17 heavy (non-hydrogen) atoms. The summed E-state index contributed by atoms with van der Waals surface area (Å²) >= 11 is 0. The Morgan fingerprint density at radius 1 is 1.53 bits per heavy atom. The zero-order valence-corrected chi connectivity index (χ0v) is 10.3. The number of carbonyl (C=O) groups excluding carboxylic acids is 2. The smallest absolute Gasteiger partial charge is 0.251 e. The third-order valence-corrected chi connectivity index (χ3v) is 3.30. The summed E-state index contributed by atoms with van der Waals surface area (Å²) in [5, 5.41) is 0. The van der Waals surface area contributed by atoms with Crippen molar-refractivity contribution in [1.82, 2.24) is 10.3 Å². The fourth-order valence-electron chi connectivity index (χ4n) is 2.37. The molecule has 0 aromatic carbocycles. The highest BCUT2D eigenvalue weighted by Gasteiger charge is 2.31. The minimum atomic E-state index is -0.280. The first kappa shape index (κ1) is 13.9. The Hall–Kier alpha value is -1.14. The van der Waals surface area contributed by atoms with Crippen molar-refractivity contribution in [3.05, 3.63) is 0 Å². The first-order valence-electron chi connectivity index (χ1n) is 6.14. The topological polar surface area (TPSA) is 101 Å². The van der Waals surface area contributed by atoms with Crippen LogP contribution in [0.2, 0.25) is 0 Å². The van der Waals surface area contributed by atoms with E-state index in [4.69, 9.17) is 11.6 Å². The quantitative estimate of drug-likeness (QED) is 0.338. The van der Waals surface area contributed by atoms with Crippen molar-refractivity contribution >= 4 is 11.8 Å². The van der Waals surface area contributed by atoms with Crippen LogP contribution in [0.15, 0.2) is 0 Å². The average molecular weight is 242 g/mol. The zero-order valence-electron chi connectivity index (χ0n) is 10.3. The van der Waals surface area contributed by atoms with Gasteiger partial charge in [-0.3, -0.25) is 19.9 Å². The van der Waals surface area contributed by atoms with E-state index in [1.807, 2.05) is 11.8 Å². The van der Waals surface area contributed by atoms with Crippen molar-refractivity contribution in [3.63, 3.8) is 0 Å². The van der Waals surface area contributed by atoms with E-state index in [1.165, 1.54) is 0 Å². The molecule has 2 unspecified atom stereocenters. The molecular weight excluding hydrogens is 220 g/mol. The number of amides is 2. The van der Waals surface area contributed by atoms with Gasteiger partial charge in [0, 0.05) is 6.54 Å². The van der Waals surface area contributed by atoms with Crippen LogP contribution >= 0.6 is 0 Å². The minimum absolute atomic E-state index is 0.145. The molecule has 1 aliphatic heterocycles. The number of rotatable bonds is 5. The van der Waals surface area contributed by atoms with Gasteiger partial charge in [-0.2, -0.15) is 0 Å². The van der Waals surface area contributed by atoms with E-state index in [9.17, 15) is 9.59 Å². The fourth-order valence-corrected chi connectivity index (χ4v) is 2.37. The average Bonchev–Trinajstić information content (AvgIpc) is 2.35. The van der Waals surface area contributed by atoms with Crippen LogP contribution in [0.25, 0.3) is 0 Å². The number of piperidine rings is 1. The Balaban J connectivity index is 2.66. The van der Waals surface area contributed by atoms with Gasteiger partial charge < -0.3 is 5.73 Å². The molecule has 2 amide bonds. The van der Waals surface area contributed by atoms with Crippen LogP contribution in [0.1, 0.15) is 32.6 Å². The number of hydrogen-bond acceptors (Lipinski definition) is 4. The van der Waals surface area contributed by atoms with Gasteiger partial charge in [0.05, 0.1) is 12.0 Å². The summed E-state index contributed by atoms with van der Waals surface area (Å²) in [6, 6.07) is -0.243. The molecule has 6 heteroatoms. The van der Waals surface area contributed by atoms with Crippen molar-refractivity contribution in [2.24, 2.45) is 17.5 Å². The third-order valence-electron chi connectivity index (χ3n) is 3.30. The van der Waals surface area contributed by atoms with Gasteiger partial charge in [0.2, 0.25) is 5.91 Å². The van der Waals surface area contributed by atoms with Crippen LogP contribution in [0.3, 0.4) is 0 Å². The highest BCUT2D eigenvalue weighted by Crippen LogP contribution is 2.20. The van der Waals surface area contributed by atoms with E-state index in [2.05, 4.69) is 5.43 Å². The summed E-state index contributed by atoms with van der Waals surface area (Å²) in [6.07, 6.45) is 3.35. The summed E-state index contributed by atoms with van der Waals surface area (Å²) in [4.78, 5) is 24.9. The molecular formula is C11H22N4O2. The molecule has 0 spiro atoms. The molecule has 5 N–H and O–H groups in total. The molecule has 0 saturated carbocycles. The number of hydrogen-bond donors (Lipinski definition) is 3. The molecule has 0 aliphatic carbocycles. The first-order valence-corrected chi connectivity index (χ1v) is 6.14. The molecule has 1 heterocycles. The number of primary amides is 1. The van der Waals surface area contributed by atoms with E-state index in [-0.39, 0.29) is 23.8 Å². The molecule has 98 valence electrons. The maximum atomic E-state index is 11.7. The van der Waals surface area contributed by atoms with Gasteiger partial charge in [-0.05, 0) is 25.8 Å². The molecule has 2 atom stereocenters. The van der Waals surface area contributed by atoms with Gasteiger partial charge in [-0.25, -0.2) is 5.84 Å². The highest BCUT2D eigenvalue weighted by atomic mass is 16.2. The monoisotopic (exact) mass is 242 g/mol. The van der Waals surface area contributed by atoms with E-state index >= 15 is 0 Å². The number of hydrazine groups is 1. The maximum Gasteiger partial charge on any atom is 0.251 e. The van der Waals surface area contributed by atoms with E-state index in [0.717, 1.165) is 32.2 Å². The maximum absolute atomic E-state index is 11.7. The van der Waals surface area contributed by atoms with Gasteiger partial charge in [-0.15, -0.1) is 0 Å². The molecule has 0 radical (unpaired) electrons. The Morgan fingerprint density at radius 2 is 2.24 bits per heavy atom. The largest absolute Gasteiger partial charge is 0.369 e. The Labute approximate surface area is 102 Å². The Kier molecular flexibility index (Phi) is 5.37. The van der Waals surface area contributed by atoms with Gasteiger partial charge in [0.25, 0.3) is 5.91 Å². The summed E-state index contributed by atoms with van der Waals surface area (Å²) in [6.45, 7) is 3.40. The summed E-state index contributed by atoms with van der Waals surface area (Å²) in [7, 11) is 0. The van der Waals surface area contributed by atoms with Gasteiger partial charge in [0.15, 0.2) is 0 Å².